The van der Waals surface area contributed by atoms with Gasteiger partial charge in [0.2, 0.25) is 21.8 Å². The van der Waals surface area contributed by atoms with Crippen LogP contribution in [0.3, 0.4) is 0 Å². The molecule has 3 aromatic rings. The van der Waals surface area contributed by atoms with E-state index in [4.69, 9.17) is 0 Å². The summed E-state index contributed by atoms with van der Waals surface area (Å²) in [5.74, 6) is -0.992. The van der Waals surface area contributed by atoms with E-state index in [2.05, 4.69) is 5.32 Å². The number of non-ortho nitro benzene ring substituents is 1. The number of benzene rings is 3. The molecular formula is C29H34N4O6S. The molecule has 0 saturated carbocycles. The average molecular weight is 567 g/mol. The summed E-state index contributed by atoms with van der Waals surface area (Å²) in [5, 5.41) is 14.2. The molecule has 1 N–H and O–H groups in total. The molecule has 0 radical (unpaired) electrons. The molecule has 40 heavy (non-hydrogen) atoms. The maximum atomic E-state index is 14.0. The number of nitro benzene ring substituents is 1. The topological polar surface area (TPSA) is 130 Å². The lowest BCUT2D eigenvalue weighted by atomic mass is 10.0. The van der Waals surface area contributed by atoms with Gasteiger partial charge in [0, 0.05) is 31.6 Å². The zero-order valence-corrected chi connectivity index (χ0v) is 23.8. The van der Waals surface area contributed by atoms with E-state index in [0.717, 1.165) is 33.3 Å². The number of aryl methyl sites for hydroxylation is 2. The lowest BCUT2D eigenvalue weighted by molar-refractivity contribution is -0.384. The van der Waals surface area contributed by atoms with Gasteiger partial charge in [-0.25, -0.2) is 8.42 Å². The molecule has 1 atom stereocenters. The lowest BCUT2D eigenvalue weighted by Crippen LogP contribution is -2.53. The standard InChI is InChI=1S/C29H34N4O6S/c1-5-30-29(35)27(17-23-9-7-6-8-10-23)31(19-24-14-11-21(2)12-15-24)28(34)20-32(40(4,38)39)26-18-25(33(36)37)16-13-22(26)3/h6-16,18,27H,5,17,19-20H2,1-4H3,(H,30,35)/t27-/m0/s1. The fraction of sp³-hybridized carbons (Fsp3) is 0.310. The van der Waals surface area contributed by atoms with Crippen molar-refractivity contribution in [3.63, 3.8) is 0 Å². The minimum absolute atomic E-state index is 0.0259. The Morgan fingerprint density at radius 1 is 0.975 bits per heavy atom. The summed E-state index contributed by atoms with van der Waals surface area (Å²) in [5.41, 5.74) is 2.78. The number of rotatable bonds is 12. The van der Waals surface area contributed by atoms with Crippen LogP contribution in [-0.4, -0.2) is 55.4 Å². The molecule has 0 fully saturated rings. The largest absolute Gasteiger partial charge is 0.355 e. The Bertz CT molecular complexity index is 1460. The number of amides is 2. The summed E-state index contributed by atoms with van der Waals surface area (Å²) in [6.07, 6.45) is 1.15. The molecule has 0 heterocycles. The summed E-state index contributed by atoms with van der Waals surface area (Å²) < 4.78 is 26.7. The minimum Gasteiger partial charge on any atom is -0.355 e. The third-order valence-electron chi connectivity index (χ3n) is 6.45. The fourth-order valence-electron chi connectivity index (χ4n) is 4.31. The predicted molar refractivity (Wildman–Crippen MR) is 154 cm³/mol. The van der Waals surface area contributed by atoms with Crippen LogP contribution in [0.5, 0.6) is 0 Å². The molecule has 0 spiro atoms. The van der Waals surface area contributed by atoms with E-state index in [1.165, 1.54) is 17.0 Å². The van der Waals surface area contributed by atoms with Crippen molar-refractivity contribution >= 4 is 33.2 Å². The Kier molecular flexibility index (Phi) is 10.0. The summed E-state index contributed by atoms with van der Waals surface area (Å²) >= 11 is 0. The average Bonchev–Trinajstić information content (AvgIpc) is 2.90. The highest BCUT2D eigenvalue weighted by atomic mass is 32.2. The van der Waals surface area contributed by atoms with Crippen LogP contribution in [0.4, 0.5) is 11.4 Å². The highest BCUT2D eigenvalue weighted by Gasteiger charge is 2.33. The number of sulfonamides is 1. The molecule has 3 aromatic carbocycles. The zero-order chi connectivity index (χ0) is 29.4. The van der Waals surface area contributed by atoms with Crippen molar-refractivity contribution in [1.82, 2.24) is 10.2 Å². The van der Waals surface area contributed by atoms with Gasteiger partial charge in [-0.1, -0.05) is 66.2 Å². The second-order valence-electron chi connectivity index (χ2n) is 9.60. The number of anilines is 1. The summed E-state index contributed by atoms with van der Waals surface area (Å²) in [6.45, 7) is 5.08. The molecule has 0 aliphatic heterocycles. The molecule has 0 aromatic heterocycles. The van der Waals surface area contributed by atoms with Gasteiger partial charge in [-0.3, -0.25) is 24.0 Å². The van der Waals surface area contributed by atoms with Gasteiger partial charge in [-0.05, 0) is 37.5 Å². The van der Waals surface area contributed by atoms with E-state index in [1.54, 1.807) is 13.8 Å². The first-order valence-corrected chi connectivity index (χ1v) is 14.6. The predicted octanol–water partition coefficient (Wildman–Crippen LogP) is 3.75. The maximum absolute atomic E-state index is 14.0. The number of nitro groups is 1. The molecular weight excluding hydrogens is 532 g/mol. The van der Waals surface area contributed by atoms with Gasteiger partial charge in [0.1, 0.15) is 12.6 Å². The SMILES string of the molecule is CCNC(=O)[C@H](Cc1ccccc1)N(Cc1ccc(C)cc1)C(=O)CN(c1cc([N+](=O)[O-])ccc1C)S(C)(=O)=O. The Morgan fingerprint density at radius 3 is 2.20 bits per heavy atom. The summed E-state index contributed by atoms with van der Waals surface area (Å²) in [6, 6.07) is 19.7. The molecule has 3 rings (SSSR count). The highest BCUT2D eigenvalue weighted by Crippen LogP contribution is 2.28. The molecule has 0 bridgehead atoms. The molecule has 0 aliphatic carbocycles. The van der Waals surface area contributed by atoms with Crippen LogP contribution < -0.4 is 9.62 Å². The molecule has 0 saturated heterocycles. The van der Waals surface area contributed by atoms with Crippen molar-refractivity contribution < 1.29 is 22.9 Å². The third kappa shape index (κ3) is 7.89. The minimum atomic E-state index is -4.04. The number of nitrogens with one attached hydrogen (secondary N) is 1. The first kappa shape index (κ1) is 30.3. The summed E-state index contributed by atoms with van der Waals surface area (Å²) in [4.78, 5) is 39.5. The van der Waals surface area contributed by atoms with Gasteiger partial charge >= 0.3 is 0 Å². The lowest BCUT2D eigenvalue weighted by Gasteiger charge is -2.33. The van der Waals surface area contributed by atoms with Crippen LogP contribution in [-0.2, 0) is 32.6 Å². The van der Waals surface area contributed by atoms with Gasteiger partial charge in [-0.2, -0.15) is 0 Å². The van der Waals surface area contributed by atoms with Crippen molar-refractivity contribution in [3.05, 3.63) is 105 Å². The number of hydrogen-bond acceptors (Lipinski definition) is 6. The second-order valence-corrected chi connectivity index (χ2v) is 11.5. The van der Waals surface area contributed by atoms with Crippen molar-refractivity contribution in [3.8, 4) is 0 Å². The number of likely N-dealkylation sites (N-methyl/N-ethyl adjacent to an activating group) is 1. The van der Waals surface area contributed by atoms with Crippen LogP contribution in [0.25, 0.3) is 0 Å². The molecule has 0 unspecified atom stereocenters. The van der Waals surface area contributed by atoms with Crippen LogP contribution in [0.15, 0.2) is 72.8 Å². The third-order valence-corrected chi connectivity index (χ3v) is 7.57. The van der Waals surface area contributed by atoms with E-state index >= 15 is 0 Å². The van der Waals surface area contributed by atoms with Crippen molar-refractivity contribution in [2.45, 2.75) is 39.8 Å². The first-order chi connectivity index (χ1) is 18.9. The van der Waals surface area contributed by atoms with Crippen LogP contribution in [0.2, 0.25) is 0 Å². The van der Waals surface area contributed by atoms with Crippen molar-refractivity contribution in [2.75, 3.05) is 23.7 Å². The Hall–Kier alpha value is -4.25. The fourth-order valence-corrected chi connectivity index (χ4v) is 5.21. The Labute approximate surface area is 234 Å². The number of carbonyl (C=O) groups is 2. The Balaban J connectivity index is 2.08. The van der Waals surface area contributed by atoms with Gasteiger partial charge in [0.15, 0.2) is 0 Å². The quantitative estimate of drug-likeness (QED) is 0.263. The molecule has 11 heteroatoms. The highest BCUT2D eigenvalue weighted by molar-refractivity contribution is 7.92. The zero-order valence-electron chi connectivity index (χ0n) is 23.0. The van der Waals surface area contributed by atoms with Gasteiger partial charge < -0.3 is 10.2 Å². The molecule has 10 nitrogen and oxygen atoms in total. The van der Waals surface area contributed by atoms with Crippen LogP contribution in [0.1, 0.15) is 29.2 Å². The molecule has 212 valence electrons. The van der Waals surface area contributed by atoms with E-state index in [0.29, 0.717) is 12.1 Å². The van der Waals surface area contributed by atoms with E-state index < -0.39 is 33.4 Å². The van der Waals surface area contributed by atoms with Crippen molar-refractivity contribution in [2.24, 2.45) is 0 Å². The van der Waals surface area contributed by atoms with Gasteiger partial charge in [0.25, 0.3) is 5.69 Å². The Morgan fingerprint density at radius 2 is 1.62 bits per heavy atom. The first-order valence-electron chi connectivity index (χ1n) is 12.8. The van der Waals surface area contributed by atoms with E-state index in [-0.39, 0.29) is 30.2 Å². The van der Waals surface area contributed by atoms with Gasteiger partial charge in [0.05, 0.1) is 16.9 Å². The van der Waals surface area contributed by atoms with Crippen LogP contribution in [0, 0.1) is 24.0 Å². The number of carbonyl (C=O) groups excluding carboxylic acids is 2. The molecule has 0 aliphatic rings. The smallest absolute Gasteiger partial charge is 0.271 e. The summed E-state index contributed by atoms with van der Waals surface area (Å²) in [7, 11) is -4.04. The van der Waals surface area contributed by atoms with Crippen molar-refractivity contribution in [1.29, 1.82) is 0 Å². The van der Waals surface area contributed by atoms with E-state index in [1.807, 2.05) is 61.5 Å². The maximum Gasteiger partial charge on any atom is 0.271 e. The normalized spacial score (nSPS) is 11.9. The monoisotopic (exact) mass is 566 g/mol. The second kappa shape index (κ2) is 13.2. The number of nitrogens with zero attached hydrogens (tertiary/aromatic N) is 3. The van der Waals surface area contributed by atoms with Gasteiger partial charge in [-0.15, -0.1) is 0 Å². The molecule has 2 amide bonds. The number of hydrogen-bond donors (Lipinski definition) is 1. The van der Waals surface area contributed by atoms with E-state index in [9.17, 15) is 28.1 Å². The van der Waals surface area contributed by atoms with Crippen LogP contribution >= 0.6 is 0 Å².